The first-order valence-electron chi connectivity index (χ1n) is 12.4. The minimum atomic E-state index is -3.32. The van der Waals surface area contributed by atoms with Crippen LogP contribution in [0.2, 0.25) is 0 Å². The Hall–Kier alpha value is -3.40. The SMILES string of the molecule is Cc1ccc(C(=O)N[C@@H](COC(F)F)C(=O)N[C@@H](COC(F)F)C(=O)N[C@@H](Cc2ccccc2)C(=O)[C@]2(C)CO2)s1. The first-order chi connectivity index (χ1) is 19.4. The van der Waals surface area contributed by atoms with Gasteiger partial charge in [0.05, 0.1) is 30.7 Å². The predicted octanol–water partition coefficient (Wildman–Crippen LogP) is 2.20. The van der Waals surface area contributed by atoms with E-state index in [0.29, 0.717) is 5.56 Å². The Balaban J connectivity index is 1.77. The van der Waals surface area contributed by atoms with E-state index in [2.05, 4.69) is 25.4 Å². The van der Waals surface area contributed by atoms with Gasteiger partial charge in [-0.2, -0.15) is 17.6 Å². The Labute approximate surface area is 236 Å². The van der Waals surface area contributed by atoms with Crippen molar-refractivity contribution < 1.29 is 51.0 Å². The molecule has 0 radical (unpaired) electrons. The van der Waals surface area contributed by atoms with Gasteiger partial charge in [-0.25, -0.2) is 0 Å². The number of nitrogens with one attached hydrogen (secondary N) is 3. The molecular weight excluding hydrogens is 574 g/mol. The summed E-state index contributed by atoms with van der Waals surface area (Å²) in [7, 11) is 0. The quantitative estimate of drug-likeness (QED) is 0.198. The summed E-state index contributed by atoms with van der Waals surface area (Å²) in [6.07, 6.45) is 0.0296. The van der Waals surface area contributed by atoms with Crippen molar-refractivity contribution in [2.45, 2.75) is 57.2 Å². The highest BCUT2D eigenvalue weighted by atomic mass is 32.1. The number of hydrogen-bond donors (Lipinski definition) is 3. The van der Waals surface area contributed by atoms with Gasteiger partial charge in [-0.05, 0) is 38.0 Å². The summed E-state index contributed by atoms with van der Waals surface area (Å²) in [5.41, 5.74) is -0.469. The van der Waals surface area contributed by atoms with Crippen molar-refractivity contribution in [2.24, 2.45) is 0 Å². The number of hydrogen-bond acceptors (Lipinski definition) is 8. The zero-order chi connectivity index (χ0) is 30.2. The van der Waals surface area contributed by atoms with E-state index in [1.54, 1.807) is 43.3 Å². The molecule has 1 aromatic carbocycles. The van der Waals surface area contributed by atoms with Crippen molar-refractivity contribution in [1.29, 1.82) is 0 Å². The Morgan fingerprint density at radius 2 is 1.41 bits per heavy atom. The molecular formula is C26H29F4N3O7S. The van der Waals surface area contributed by atoms with E-state index in [4.69, 9.17) is 4.74 Å². The van der Waals surface area contributed by atoms with E-state index in [-0.39, 0.29) is 17.9 Å². The molecule has 1 aromatic heterocycles. The van der Waals surface area contributed by atoms with E-state index in [1.165, 1.54) is 13.0 Å². The standard InChI is InChI=1S/C26H29F4N3O7S/c1-14-8-9-19(41-14)23(37)33-18(12-39-25(29)30)22(36)32-17(11-38-24(27)28)21(35)31-16(20(34)26(2)13-40-26)10-15-6-4-3-5-7-15/h3-9,16-18,24-25H,10-13H2,1-2H3,(H,31,35)(H,32,36)(H,33,37)/t16-,17-,18-,26-/m0/s1. The Kier molecular flexibility index (Phi) is 11.3. The number of Topliss-reactive ketones (excluding diaryl/α,β-unsaturated/α-hetero) is 1. The summed E-state index contributed by atoms with van der Waals surface area (Å²) in [6, 6.07) is 7.02. The largest absolute Gasteiger partial charge is 0.361 e. The zero-order valence-corrected chi connectivity index (χ0v) is 22.9. The molecule has 10 nitrogen and oxygen atoms in total. The van der Waals surface area contributed by atoms with Gasteiger partial charge in [0.15, 0.2) is 5.78 Å². The lowest BCUT2D eigenvalue weighted by Gasteiger charge is -2.25. The number of ketones is 1. The third-order valence-electron chi connectivity index (χ3n) is 6.01. The van der Waals surface area contributed by atoms with Crippen molar-refractivity contribution in [1.82, 2.24) is 16.0 Å². The average molecular weight is 604 g/mol. The van der Waals surface area contributed by atoms with E-state index in [9.17, 15) is 36.7 Å². The van der Waals surface area contributed by atoms with Gasteiger partial charge >= 0.3 is 13.2 Å². The molecule has 4 atom stereocenters. The smallest absolute Gasteiger partial charge is 0.345 e. The van der Waals surface area contributed by atoms with Crippen LogP contribution in [-0.2, 0) is 35.0 Å². The van der Waals surface area contributed by atoms with Crippen LogP contribution in [0.1, 0.15) is 27.0 Å². The van der Waals surface area contributed by atoms with Gasteiger partial charge in [-0.15, -0.1) is 11.3 Å². The second-order valence-electron chi connectivity index (χ2n) is 9.32. The second-order valence-corrected chi connectivity index (χ2v) is 10.6. The summed E-state index contributed by atoms with van der Waals surface area (Å²) in [6.45, 7) is -5.25. The number of alkyl halides is 4. The first kappa shape index (κ1) is 32.1. The summed E-state index contributed by atoms with van der Waals surface area (Å²) in [4.78, 5) is 52.8. The summed E-state index contributed by atoms with van der Waals surface area (Å²) < 4.78 is 64.9. The van der Waals surface area contributed by atoms with Crippen LogP contribution in [0.5, 0.6) is 0 Å². The van der Waals surface area contributed by atoms with Crippen molar-refractivity contribution in [2.75, 3.05) is 19.8 Å². The second kappa shape index (κ2) is 14.5. The molecule has 0 saturated carbocycles. The number of halogens is 4. The van der Waals surface area contributed by atoms with Crippen LogP contribution in [0, 0.1) is 6.92 Å². The van der Waals surface area contributed by atoms with Gasteiger partial charge in [0.25, 0.3) is 5.91 Å². The topological polar surface area (TPSA) is 135 Å². The fourth-order valence-electron chi connectivity index (χ4n) is 3.71. The molecule has 41 heavy (non-hydrogen) atoms. The molecule has 0 bridgehead atoms. The van der Waals surface area contributed by atoms with E-state index in [0.717, 1.165) is 16.2 Å². The third-order valence-corrected chi connectivity index (χ3v) is 7.01. The molecule has 224 valence electrons. The normalized spacial score (nSPS) is 18.4. The van der Waals surface area contributed by atoms with Crippen LogP contribution in [0.4, 0.5) is 17.6 Å². The molecule has 0 aliphatic carbocycles. The molecule has 3 rings (SSSR count). The van der Waals surface area contributed by atoms with Crippen LogP contribution < -0.4 is 16.0 Å². The molecule has 1 fully saturated rings. The van der Waals surface area contributed by atoms with Crippen molar-refractivity contribution in [3.63, 3.8) is 0 Å². The van der Waals surface area contributed by atoms with Crippen LogP contribution in [-0.4, -0.2) is 80.3 Å². The summed E-state index contributed by atoms with van der Waals surface area (Å²) in [5.74, 6) is -3.51. The molecule has 15 heteroatoms. The molecule has 1 aliphatic heterocycles. The number of benzene rings is 1. The minimum Gasteiger partial charge on any atom is -0.361 e. The Morgan fingerprint density at radius 1 is 0.878 bits per heavy atom. The van der Waals surface area contributed by atoms with Crippen LogP contribution in [0.3, 0.4) is 0 Å². The molecule has 3 amide bonds. The average Bonchev–Trinajstić information content (AvgIpc) is 3.53. The molecule has 3 N–H and O–H groups in total. The zero-order valence-electron chi connectivity index (χ0n) is 22.0. The molecule has 0 spiro atoms. The summed E-state index contributed by atoms with van der Waals surface area (Å²) in [5, 5.41) is 6.83. The van der Waals surface area contributed by atoms with Crippen LogP contribution in [0.15, 0.2) is 42.5 Å². The number of epoxide rings is 1. The van der Waals surface area contributed by atoms with Crippen molar-refractivity contribution >= 4 is 34.8 Å². The van der Waals surface area contributed by atoms with E-state index < -0.39 is 73.7 Å². The van der Waals surface area contributed by atoms with Gasteiger partial charge in [0, 0.05) is 4.88 Å². The fraction of sp³-hybridized carbons (Fsp3) is 0.462. The van der Waals surface area contributed by atoms with Gasteiger partial charge in [0.1, 0.15) is 17.7 Å². The first-order valence-corrected chi connectivity index (χ1v) is 13.2. The third kappa shape index (κ3) is 9.88. The number of thiophene rings is 1. The number of ether oxygens (including phenoxy) is 3. The lowest BCUT2D eigenvalue weighted by molar-refractivity contribution is -0.152. The van der Waals surface area contributed by atoms with Crippen LogP contribution >= 0.6 is 11.3 Å². The Bertz CT molecular complexity index is 1210. The van der Waals surface area contributed by atoms with Gasteiger partial charge in [0.2, 0.25) is 11.8 Å². The molecule has 2 aromatic rings. The van der Waals surface area contributed by atoms with E-state index in [1.807, 2.05) is 0 Å². The maximum atomic E-state index is 13.2. The predicted molar refractivity (Wildman–Crippen MR) is 138 cm³/mol. The lowest BCUT2D eigenvalue weighted by Crippen LogP contribution is -2.59. The van der Waals surface area contributed by atoms with Crippen LogP contribution in [0.25, 0.3) is 0 Å². The highest BCUT2D eigenvalue weighted by molar-refractivity contribution is 7.13. The molecule has 1 saturated heterocycles. The van der Waals surface area contributed by atoms with Crippen molar-refractivity contribution in [3.05, 3.63) is 57.8 Å². The maximum absolute atomic E-state index is 13.2. The van der Waals surface area contributed by atoms with Crippen molar-refractivity contribution in [3.8, 4) is 0 Å². The number of carbonyl (C=O) groups is 4. The van der Waals surface area contributed by atoms with E-state index >= 15 is 0 Å². The number of rotatable bonds is 16. The van der Waals surface area contributed by atoms with Gasteiger partial charge in [-0.3, -0.25) is 19.2 Å². The number of aryl methyl sites for hydroxylation is 1. The molecule has 2 heterocycles. The molecule has 0 unspecified atom stereocenters. The van der Waals surface area contributed by atoms with Gasteiger partial charge < -0.3 is 30.2 Å². The van der Waals surface area contributed by atoms with Gasteiger partial charge in [-0.1, -0.05) is 30.3 Å². The lowest BCUT2D eigenvalue weighted by atomic mass is 9.94. The minimum absolute atomic E-state index is 0.0296. The Morgan fingerprint density at radius 3 is 1.90 bits per heavy atom. The molecule has 1 aliphatic rings. The number of amides is 3. The monoisotopic (exact) mass is 603 g/mol. The highest BCUT2D eigenvalue weighted by Crippen LogP contribution is 2.29. The summed E-state index contributed by atoms with van der Waals surface area (Å²) >= 11 is 1.08. The number of carbonyl (C=O) groups excluding carboxylic acids is 4. The fourth-order valence-corrected chi connectivity index (χ4v) is 4.48. The maximum Gasteiger partial charge on any atom is 0.345 e. The highest BCUT2D eigenvalue weighted by Gasteiger charge is 2.50.